The molecule has 0 bridgehead atoms. The first-order chi connectivity index (χ1) is 12.7. The van der Waals surface area contributed by atoms with Crippen LogP contribution in [-0.2, 0) is 0 Å². The molecule has 0 aliphatic carbocycles. The molecular formula is C21H25ClN4. The molecule has 0 radical (unpaired) electrons. The molecule has 5 heteroatoms. The average molecular weight is 369 g/mol. The summed E-state index contributed by atoms with van der Waals surface area (Å²) < 4.78 is 0. The summed E-state index contributed by atoms with van der Waals surface area (Å²) in [6.45, 7) is 6.40. The van der Waals surface area contributed by atoms with Gasteiger partial charge in [-0.2, -0.15) is 5.26 Å². The fourth-order valence-electron chi connectivity index (χ4n) is 3.29. The van der Waals surface area contributed by atoms with Crippen LogP contribution < -0.4 is 10.2 Å². The molecule has 136 valence electrons. The van der Waals surface area contributed by atoms with Crippen LogP contribution in [0.5, 0.6) is 0 Å². The van der Waals surface area contributed by atoms with Gasteiger partial charge >= 0.3 is 0 Å². The van der Waals surface area contributed by atoms with Crippen LogP contribution in [0.3, 0.4) is 0 Å². The molecule has 4 nitrogen and oxygen atoms in total. The van der Waals surface area contributed by atoms with Crippen LogP contribution in [-0.4, -0.2) is 44.2 Å². The van der Waals surface area contributed by atoms with Crippen LogP contribution in [0.15, 0.2) is 48.5 Å². The first kappa shape index (κ1) is 18.6. The Labute approximate surface area is 161 Å². The standard InChI is InChI=1S/C21H25ClN4/c22-19-6-4-8-21(16-19)26-13-11-25(12-14-26)10-2-1-9-24-20-7-3-5-18(15-20)17-23/h3-8,15-16,24H,1-2,9-14H2. The number of piperazine rings is 1. The molecule has 1 saturated heterocycles. The van der Waals surface area contributed by atoms with Crippen LogP contribution >= 0.6 is 11.6 Å². The third-order valence-electron chi connectivity index (χ3n) is 4.77. The summed E-state index contributed by atoms with van der Waals surface area (Å²) in [5, 5.41) is 13.1. The lowest BCUT2D eigenvalue weighted by molar-refractivity contribution is 0.254. The first-order valence-electron chi connectivity index (χ1n) is 9.21. The molecule has 1 aliphatic heterocycles. The topological polar surface area (TPSA) is 42.3 Å². The van der Waals surface area contributed by atoms with E-state index in [4.69, 9.17) is 16.9 Å². The Morgan fingerprint density at radius 3 is 2.58 bits per heavy atom. The van der Waals surface area contributed by atoms with Crippen molar-refractivity contribution >= 4 is 23.0 Å². The predicted octanol–water partition coefficient (Wildman–Crippen LogP) is 4.23. The van der Waals surface area contributed by atoms with Crippen LogP contribution in [0.1, 0.15) is 18.4 Å². The van der Waals surface area contributed by atoms with Gasteiger partial charge < -0.3 is 10.2 Å². The molecule has 3 rings (SSSR count). The van der Waals surface area contributed by atoms with E-state index in [2.05, 4.69) is 27.3 Å². The minimum atomic E-state index is 0.701. The van der Waals surface area contributed by atoms with Gasteiger partial charge in [0, 0.05) is 49.1 Å². The van der Waals surface area contributed by atoms with Crippen molar-refractivity contribution in [3.8, 4) is 6.07 Å². The molecule has 2 aromatic rings. The van der Waals surface area contributed by atoms with E-state index in [0.717, 1.165) is 56.4 Å². The summed E-state index contributed by atoms with van der Waals surface area (Å²) in [4.78, 5) is 4.95. The molecular weight excluding hydrogens is 344 g/mol. The quantitative estimate of drug-likeness (QED) is 0.743. The van der Waals surface area contributed by atoms with Crippen LogP contribution in [0, 0.1) is 11.3 Å². The van der Waals surface area contributed by atoms with Crippen molar-refractivity contribution in [2.75, 3.05) is 49.5 Å². The zero-order valence-electron chi connectivity index (χ0n) is 15.0. The van der Waals surface area contributed by atoms with Gasteiger partial charge in [-0.1, -0.05) is 23.7 Å². The van der Waals surface area contributed by atoms with Gasteiger partial charge in [0.25, 0.3) is 0 Å². The van der Waals surface area contributed by atoms with E-state index in [0.29, 0.717) is 5.56 Å². The number of unbranched alkanes of at least 4 members (excludes halogenated alkanes) is 1. The lowest BCUT2D eigenvalue weighted by atomic mass is 10.2. The molecule has 0 saturated carbocycles. The maximum atomic E-state index is 8.93. The lowest BCUT2D eigenvalue weighted by Crippen LogP contribution is -2.46. The Balaban J connectivity index is 1.32. The highest BCUT2D eigenvalue weighted by atomic mass is 35.5. The number of benzene rings is 2. The van der Waals surface area contributed by atoms with E-state index in [1.165, 1.54) is 12.1 Å². The zero-order valence-corrected chi connectivity index (χ0v) is 15.8. The molecule has 1 aliphatic rings. The number of nitrogens with zero attached hydrogens (tertiary/aromatic N) is 3. The molecule has 0 spiro atoms. The molecule has 0 amide bonds. The maximum absolute atomic E-state index is 8.93. The van der Waals surface area contributed by atoms with E-state index in [-0.39, 0.29) is 0 Å². The number of rotatable bonds is 7. The second-order valence-corrected chi connectivity index (χ2v) is 7.07. The van der Waals surface area contributed by atoms with Gasteiger partial charge in [-0.15, -0.1) is 0 Å². The molecule has 0 atom stereocenters. The Kier molecular flexibility index (Phi) is 6.76. The van der Waals surface area contributed by atoms with Crippen molar-refractivity contribution in [2.24, 2.45) is 0 Å². The summed E-state index contributed by atoms with van der Waals surface area (Å²) in [6.07, 6.45) is 2.31. The molecule has 1 heterocycles. The van der Waals surface area contributed by atoms with Crippen molar-refractivity contribution in [2.45, 2.75) is 12.8 Å². The van der Waals surface area contributed by atoms with Crippen molar-refractivity contribution in [3.63, 3.8) is 0 Å². The third-order valence-corrected chi connectivity index (χ3v) is 5.00. The third kappa shape index (κ3) is 5.39. The summed E-state index contributed by atoms with van der Waals surface area (Å²) >= 11 is 6.09. The summed E-state index contributed by atoms with van der Waals surface area (Å²) in [5.74, 6) is 0. The Morgan fingerprint density at radius 1 is 1.00 bits per heavy atom. The maximum Gasteiger partial charge on any atom is 0.0992 e. The van der Waals surface area contributed by atoms with E-state index < -0.39 is 0 Å². The number of hydrogen-bond acceptors (Lipinski definition) is 4. The highest BCUT2D eigenvalue weighted by Crippen LogP contribution is 2.20. The number of halogens is 1. The van der Waals surface area contributed by atoms with Crippen molar-refractivity contribution in [1.29, 1.82) is 5.26 Å². The fourth-order valence-corrected chi connectivity index (χ4v) is 3.48. The van der Waals surface area contributed by atoms with Gasteiger partial charge in [-0.05, 0) is 55.8 Å². The van der Waals surface area contributed by atoms with Gasteiger partial charge in [-0.3, -0.25) is 4.90 Å². The Morgan fingerprint density at radius 2 is 1.81 bits per heavy atom. The van der Waals surface area contributed by atoms with Gasteiger partial charge in [0.1, 0.15) is 0 Å². The molecule has 26 heavy (non-hydrogen) atoms. The highest BCUT2D eigenvalue weighted by molar-refractivity contribution is 6.30. The summed E-state index contributed by atoms with van der Waals surface area (Å²) in [6, 6.07) is 17.9. The molecule has 1 N–H and O–H groups in total. The fraction of sp³-hybridized carbons (Fsp3) is 0.381. The van der Waals surface area contributed by atoms with Crippen LogP contribution in [0.2, 0.25) is 5.02 Å². The number of nitriles is 1. The Hall–Kier alpha value is -2.22. The number of hydrogen-bond donors (Lipinski definition) is 1. The molecule has 0 unspecified atom stereocenters. The zero-order chi connectivity index (χ0) is 18.2. The second-order valence-electron chi connectivity index (χ2n) is 6.64. The first-order valence-corrected chi connectivity index (χ1v) is 9.59. The van der Waals surface area contributed by atoms with Crippen molar-refractivity contribution in [1.82, 2.24) is 4.90 Å². The monoisotopic (exact) mass is 368 g/mol. The number of nitrogens with one attached hydrogen (secondary N) is 1. The van der Waals surface area contributed by atoms with E-state index in [1.807, 2.05) is 42.5 Å². The van der Waals surface area contributed by atoms with Crippen molar-refractivity contribution in [3.05, 3.63) is 59.1 Å². The van der Waals surface area contributed by atoms with E-state index in [9.17, 15) is 0 Å². The summed E-state index contributed by atoms with van der Waals surface area (Å²) in [5.41, 5.74) is 2.95. The minimum absolute atomic E-state index is 0.701. The second kappa shape index (κ2) is 9.47. The molecule has 1 fully saturated rings. The van der Waals surface area contributed by atoms with Crippen LogP contribution in [0.25, 0.3) is 0 Å². The predicted molar refractivity (Wildman–Crippen MR) is 109 cm³/mol. The van der Waals surface area contributed by atoms with Gasteiger partial charge in [-0.25, -0.2) is 0 Å². The van der Waals surface area contributed by atoms with E-state index in [1.54, 1.807) is 0 Å². The van der Waals surface area contributed by atoms with Gasteiger partial charge in [0.2, 0.25) is 0 Å². The normalized spacial score (nSPS) is 14.8. The lowest BCUT2D eigenvalue weighted by Gasteiger charge is -2.36. The SMILES string of the molecule is N#Cc1cccc(NCCCCN2CCN(c3cccc(Cl)c3)CC2)c1. The molecule has 0 aromatic heterocycles. The van der Waals surface area contributed by atoms with Crippen LogP contribution in [0.4, 0.5) is 11.4 Å². The highest BCUT2D eigenvalue weighted by Gasteiger charge is 2.16. The van der Waals surface area contributed by atoms with Gasteiger partial charge in [0.15, 0.2) is 0 Å². The molecule has 2 aromatic carbocycles. The van der Waals surface area contributed by atoms with E-state index >= 15 is 0 Å². The largest absolute Gasteiger partial charge is 0.385 e. The van der Waals surface area contributed by atoms with Gasteiger partial charge in [0.05, 0.1) is 11.6 Å². The smallest absolute Gasteiger partial charge is 0.0992 e. The number of anilines is 2. The average Bonchev–Trinajstić information content (AvgIpc) is 2.68. The Bertz CT molecular complexity index is 748. The minimum Gasteiger partial charge on any atom is -0.385 e. The summed E-state index contributed by atoms with van der Waals surface area (Å²) in [7, 11) is 0. The van der Waals surface area contributed by atoms with Crippen molar-refractivity contribution < 1.29 is 0 Å².